The van der Waals surface area contributed by atoms with Gasteiger partial charge < -0.3 is 15.5 Å². The fourth-order valence-corrected chi connectivity index (χ4v) is 2.09. The lowest BCUT2D eigenvalue weighted by Gasteiger charge is -2.11. The molecule has 0 saturated heterocycles. The zero-order valence-electron chi connectivity index (χ0n) is 12.8. The van der Waals surface area contributed by atoms with Crippen molar-refractivity contribution in [3.8, 4) is 0 Å². The molecule has 0 aliphatic rings. The van der Waals surface area contributed by atoms with E-state index >= 15 is 0 Å². The normalized spacial score (nSPS) is 12.8. The van der Waals surface area contributed by atoms with Crippen molar-refractivity contribution in [2.24, 2.45) is 11.7 Å². The van der Waals surface area contributed by atoms with Crippen LogP contribution in [0.2, 0.25) is 0 Å². The molecule has 0 saturated carbocycles. The topological polar surface area (TPSA) is 81.2 Å². The molecule has 5 nitrogen and oxygen atoms in total. The third-order valence-corrected chi connectivity index (χ3v) is 3.45. The van der Waals surface area contributed by atoms with E-state index in [2.05, 4.69) is 10.3 Å². The van der Waals surface area contributed by atoms with E-state index in [-0.39, 0.29) is 17.7 Å². The van der Waals surface area contributed by atoms with Crippen LogP contribution in [0.3, 0.4) is 0 Å². The number of nitrogens with zero attached hydrogens (tertiary/aromatic N) is 1. The molecule has 0 fully saturated rings. The minimum atomic E-state index is -0.0484. The second kappa shape index (κ2) is 6.72. The van der Waals surface area contributed by atoms with Crippen molar-refractivity contribution in [1.29, 1.82) is 0 Å². The van der Waals surface area contributed by atoms with Crippen molar-refractivity contribution in [3.05, 3.63) is 24.1 Å². The SMILES string of the molecule is CC(CCCN)C(=O)Nc1ccc2oc(C(C)C)nc2c1. The molecule has 2 aromatic rings. The third kappa shape index (κ3) is 3.82. The Morgan fingerprint density at radius 1 is 1.38 bits per heavy atom. The van der Waals surface area contributed by atoms with Gasteiger partial charge in [-0.1, -0.05) is 20.8 Å². The Labute approximate surface area is 124 Å². The fourth-order valence-electron chi connectivity index (χ4n) is 2.09. The molecule has 1 aromatic heterocycles. The van der Waals surface area contributed by atoms with E-state index in [9.17, 15) is 4.79 Å². The summed E-state index contributed by atoms with van der Waals surface area (Å²) in [6, 6.07) is 5.53. The van der Waals surface area contributed by atoms with Crippen molar-refractivity contribution < 1.29 is 9.21 Å². The van der Waals surface area contributed by atoms with E-state index in [0.717, 1.165) is 29.6 Å². The van der Waals surface area contributed by atoms with Gasteiger partial charge in [0.2, 0.25) is 5.91 Å². The lowest BCUT2D eigenvalue weighted by Crippen LogP contribution is -2.21. The minimum absolute atomic E-state index is 0.00961. The molecule has 1 aromatic carbocycles. The molecule has 2 rings (SSSR count). The first-order chi connectivity index (χ1) is 10.0. The number of benzene rings is 1. The molecule has 0 aliphatic heterocycles. The number of hydrogen-bond donors (Lipinski definition) is 2. The summed E-state index contributed by atoms with van der Waals surface area (Å²) in [4.78, 5) is 16.5. The molecule has 1 atom stereocenters. The lowest BCUT2D eigenvalue weighted by molar-refractivity contribution is -0.119. The lowest BCUT2D eigenvalue weighted by atomic mass is 10.0. The average molecular weight is 289 g/mol. The predicted molar refractivity (Wildman–Crippen MR) is 84.2 cm³/mol. The van der Waals surface area contributed by atoms with Crippen LogP contribution >= 0.6 is 0 Å². The highest BCUT2D eigenvalue weighted by molar-refractivity contribution is 5.94. The maximum Gasteiger partial charge on any atom is 0.227 e. The van der Waals surface area contributed by atoms with Gasteiger partial charge in [0, 0.05) is 17.5 Å². The Bertz CT molecular complexity index is 619. The van der Waals surface area contributed by atoms with Gasteiger partial charge in [0.05, 0.1) is 0 Å². The van der Waals surface area contributed by atoms with Crippen molar-refractivity contribution in [2.45, 2.75) is 39.5 Å². The molecule has 1 unspecified atom stereocenters. The Hall–Kier alpha value is -1.88. The van der Waals surface area contributed by atoms with Crippen molar-refractivity contribution in [2.75, 3.05) is 11.9 Å². The van der Waals surface area contributed by atoms with E-state index < -0.39 is 0 Å². The molecule has 5 heteroatoms. The Morgan fingerprint density at radius 3 is 2.81 bits per heavy atom. The summed E-state index contributed by atoms with van der Waals surface area (Å²) in [6.07, 6.45) is 1.65. The highest BCUT2D eigenvalue weighted by atomic mass is 16.3. The predicted octanol–water partition coefficient (Wildman–Crippen LogP) is 3.26. The smallest absolute Gasteiger partial charge is 0.227 e. The van der Waals surface area contributed by atoms with Gasteiger partial charge in [-0.25, -0.2) is 4.98 Å². The first-order valence-electron chi connectivity index (χ1n) is 7.42. The number of aromatic nitrogens is 1. The van der Waals surface area contributed by atoms with Crippen LogP contribution in [0.4, 0.5) is 5.69 Å². The Kier molecular flexibility index (Phi) is 4.96. The van der Waals surface area contributed by atoms with E-state index in [1.54, 1.807) is 0 Å². The Morgan fingerprint density at radius 2 is 2.14 bits per heavy atom. The van der Waals surface area contributed by atoms with Gasteiger partial charge in [-0.15, -0.1) is 0 Å². The molecule has 3 N–H and O–H groups in total. The number of carbonyl (C=O) groups is 1. The molecule has 0 aliphatic carbocycles. The highest BCUT2D eigenvalue weighted by Crippen LogP contribution is 2.24. The summed E-state index contributed by atoms with van der Waals surface area (Å²) in [6.45, 7) is 6.59. The molecule has 114 valence electrons. The number of hydrogen-bond acceptors (Lipinski definition) is 4. The van der Waals surface area contributed by atoms with Crippen LogP contribution in [0, 0.1) is 5.92 Å². The number of oxazole rings is 1. The van der Waals surface area contributed by atoms with E-state index in [0.29, 0.717) is 12.4 Å². The van der Waals surface area contributed by atoms with Crippen LogP contribution < -0.4 is 11.1 Å². The van der Waals surface area contributed by atoms with Gasteiger partial charge in [-0.2, -0.15) is 0 Å². The zero-order valence-corrected chi connectivity index (χ0v) is 12.8. The van der Waals surface area contributed by atoms with Gasteiger partial charge in [0.1, 0.15) is 5.52 Å². The van der Waals surface area contributed by atoms with Crippen molar-refractivity contribution in [1.82, 2.24) is 4.98 Å². The summed E-state index contributed by atoms with van der Waals surface area (Å²) in [5.74, 6) is 0.916. The number of nitrogens with one attached hydrogen (secondary N) is 1. The van der Waals surface area contributed by atoms with Gasteiger partial charge in [-0.05, 0) is 37.6 Å². The van der Waals surface area contributed by atoms with Gasteiger partial charge in [0.25, 0.3) is 0 Å². The molecule has 0 spiro atoms. The minimum Gasteiger partial charge on any atom is -0.440 e. The standard InChI is InChI=1S/C16H23N3O2/c1-10(2)16-19-13-9-12(6-7-14(13)21-16)18-15(20)11(3)5-4-8-17/h6-7,9-11H,4-5,8,17H2,1-3H3,(H,18,20). The molecule has 1 amide bonds. The zero-order chi connectivity index (χ0) is 15.4. The highest BCUT2D eigenvalue weighted by Gasteiger charge is 2.14. The summed E-state index contributed by atoms with van der Waals surface area (Å²) in [5, 5.41) is 2.92. The number of carbonyl (C=O) groups excluding carboxylic acids is 1. The second-order valence-electron chi connectivity index (χ2n) is 5.71. The van der Waals surface area contributed by atoms with E-state index in [1.165, 1.54) is 0 Å². The number of amides is 1. The summed E-state index contributed by atoms with van der Waals surface area (Å²) < 4.78 is 5.65. The third-order valence-electron chi connectivity index (χ3n) is 3.45. The maximum atomic E-state index is 12.1. The van der Waals surface area contributed by atoms with Gasteiger partial charge >= 0.3 is 0 Å². The molecule has 1 heterocycles. The number of anilines is 1. The van der Waals surface area contributed by atoms with Crippen LogP contribution in [0.25, 0.3) is 11.1 Å². The largest absolute Gasteiger partial charge is 0.440 e. The monoisotopic (exact) mass is 289 g/mol. The van der Waals surface area contributed by atoms with Crippen LogP contribution in [-0.4, -0.2) is 17.4 Å². The van der Waals surface area contributed by atoms with Gasteiger partial charge in [0.15, 0.2) is 11.5 Å². The van der Waals surface area contributed by atoms with Crippen LogP contribution in [0.5, 0.6) is 0 Å². The van der Waals surface area contributed by atoms with Crippen LogP contribution in [0.15, 0.2) is 22.6 Å². The molecular weight excluding hydrogens is 266 g/mol. The second-order valence-corrected chi connectivity index (χ2v) is 5.71. The van der Waals surface area contributed by atoms with Crippen molar-refractivity contribution in [3.63, 3.8) is 0 Å². The van der Waals surface area contributed by atoms with E-state index in [4.69, 9.17) is 10.2 Å². The fraction of sp³-hybridized carbons (Fsp3) is 0.500. The summed E-state index contributed by atoms with van der Waals surface area (Å²) >= 11 is 0. The molecule has 0 radical (unpaired) electrons. The maximum absolute atomic E-state index is 12.1. The summed E-state index contributed by atoms with van der Waals surface area (Å²) in [7, 11) is 0. The number of nitrogens with two attached hydrogens (primary N) is 1. The first-order valence-corrected chi connectivity index (χ1v) is 7.42. The van der Waals surface area contributed by atoms with E-state index in [1.807, 2.05) is 39.0 Å². The van der Waals surface area contributed by atoms with Crippen LogP contribution in [0.1, 0.15) is 45.4 Å². The molecule has 21 heavy (non-hydrogen) atoms. The number of rotatable bonds is 6. The van der Waals surface area contributed by atoms with Crippen molar-refractivity contribution >= 4 is 22.7 Å². The average Bonchev–Trinajstić information content (AvgIpc) is 2.88. The van der Waals surface area contributed by atoms with Gasteiger partial charge in [-0.3, -0.25) is 4.79 Å². The quantitative estimate of drug-likeness (QED) is 0.855. The Balaban J connectivity index is 2.10. The molecular formula is C16H23N3O2. The molecule has 0 bridgehead atoms. The first kappa shape index (κ1) is 15.5. The number of fused-ring (bicyclic) bond motifs is 1. The van der Waals surface area contributed by atoms with Crippen LogP contribution in [-0.2, 0) is 4.79 Å². The summed E-state index contributed by atoms with van der Waals surface area (Å²) in [5.41, 5.74) is 7.73.